The van der Waals surface area contributed by atoms with E-state index in [-0.39, 0.29) is 13.0 Å². The lowest BCUT2D eigenvalue weighted by Crippen LogP contribution is -2.42. The minimum Gasteiger partial charge on any atom is -0.383 e. The number of rotatable bonds is 3. The predicted molar refractivity (Wildman–Crippen MR) is 52.3 cm³/mol. The number of likely N-dealkylation sites (tertiary alicyclic amines) is 1. The van der Waals surface area contributed by atoms with Gasteiger partial charge in [-0.25, -0.2) is 8.78 Å². The van der Waals surface area contributed by atoms with Crippen LogP contribution in [0.1, 0.15) is 13.3 Å². The largest absolute Gasteiger partial charge is 0.383 e. The predicted octanol–water partition coefficient (Wildman–Crippen LogP) is 1.50. The van der Waals surface area contributed by atoms with E-state index >= 15 is 0 Å². The maximum Gasteiger partial charge on any atom is 0.267 e. The van der Waals surface area contributed by atoms with Gasteiger partial charge in [-0.05, 0) is 6.92 Å². The fourth-order valence-electron chi connectivity index (χ4n) is 1.73. The van der Waals surface area contributed by atoms with Crippen LogP contribution in [0.25, 0.3) is 0 Å². The van der Waals surface area contributed by atoms with Crippen LogP contribution in [-0.2, 0) is 9.53 Å². The Balaban J connectivity index is 2.72. The Morgan fingerprint density at radius 3 is 2.80 bits per heavy atom. The van der Waals surface area contributed by atoms with Gasteiger partial charge < -0.3 is 9.64 Å². The number of amides is 1. The van der Waals surface area contributed by atoms with Crippen LogP contribution in [-0.4, -0.2) is 48.4 Å². The summed E-state index contributed by atoms with van der Waals surface area (Å²) in [5, 5.41) is -0.779. The van der Waals surface area contributed by atoms with Crippen molar-refractivity contribution in [2.24, 2.45) is 0 Å². The van der Waals surface area contributed by atoms with Gasteiger partial charge in [0, 0.05) is 13.5 Å². The van der Waals surface area contributed by atoms with E-state index in [4.69, 9.17) is 16.3 Å². The summed E-state index contributed by atoms with van der Waals surface area (Å²) in [6, 6.07) is -0.571. The summed E-state index contributed by atoms with van der Waals surface area (Å²) < 4.78 is 31.0. The van der Waals surface area contributed by atoms with Crippen LogP contribution in [0.15, 0.2) is 0 Å². The van der Waals surface area contributed by atoms with E-state index < -0.39 is 29.8 Å². The maximum absolute atomic E-state index is 13.1. The number of methoxy groups -OCH3 is 1. The van der Waals surface area contributed by atoms with Crippen LogP contribution >= 0.6 is 11.6 Å². The van der Waals surface area contributed by atoms with Crippen molar-refractivity contribution >= 4 is 17.5 Å². The Bertz CT molecular complexity index is 248. The Kier molecular flexibility index (Phi) is 3.89. The third-order valence-corrected chi connectivity index (χ3v) is 2.55. The number of alkyl halides is 3. The molecule has 2 atom stereocenters. The summed E-state index contributed by atoms with van der Waals surface area (Å²) in [5.41, 5.74) is 0. The molecule has 0 aromatic heterocycles. The van der Waals surface area contributed by atoms with Gasteiger partial charge in [0.2, 0.25) is 5.91 Å². The maximum atomic E-state index is 13.1. The number of ether oxygens (including phenoxy) is 1. The molecule has 0 radical (unpaired) electrons. The molecule has 1 heterocycles. The molecule has 0 aliphatic carbocycles. The molecule has 0 unspecified atom stereocenters. The standard InChI is InChI=1S/C9H14ClF2NO2/c1-6(10)8(14)13-5-9(11,12)3-7(13)4-15-2/h6-7H,3-5H2,1-2H3/t6-,7-/m1/s1. The molecule has 0 saturated carbocycles. The molecule has 1 fully saturated rings. The zero-order chi connectivity index (χ0) is 11.6. The summed E-state index contributed by atoms with van der Waals surface area (Å²) in [6.45, 7) is 1.03. The third kappa shape index (κ3) is 3.01. The van der Waals surface area contributed by atoms with Crippen LogP contribution in [0, 0.1) is 0 Å². The van der Waals surface area contributed by atoms with Crippen molar-refractivity contribution in [1.29, 1.82) is 0 Å². The molecule has 0 N–H and O–H groups in total. The molecule has 1 aliphatic rings. The molecule has 0 spiro atoms. The SMILES string of the molecule is COC[C@H]1CC(F)(F)CN1C(=O)[C@@H](C)Cl. The van der Waals surface area contributed by atoms with Crippen LogP contribution in [0.4, 0.5) is 8.78 Å². The van der Waals surface area contributed by atoms with Crippen molar-refractivity contribution in [3.05, 3.63) is 0 Å². The zero-order valence-corrected chi connectivity index (χ0v) is 9.43. The highest BCUT2D eigenvalue weighted by Gasteiger charge is 2.47. The second-order valence-corrected chi connectivity index (χ2v) is 4.41. The fourth-order valence-corrected chi connectivity index (χ4v) is 1.85. The topological polar surface area (TPSA) is 29.5 Å². The summed E-state index contributed by atoms with van der Waals surface area (Å²) in [4.78, 5) is 12.6. The second-order valence-electron chi connectivity index (χ2n) is 3.75. The van der Waals surface area contributed by atoms with Gasteiger partial charge in [0.25, 0.3) is 5.92 Å². The summed E-state index contributed by atoms with van der Waals surface area (Å²) >= 11 is 5.59. The van der Waals surface area contributed by atoms with Crippen LogP contribution < -0.4 is 0 Å². The molecule has 0 bridgehead atoms. The van der Waals surface area contributed by atoms with E-state index in [1.165, 1.54) is 14.0 Å². The van der Waals surface area contributed by atoms with Crippen LogP contribution in [0.3, 0.4) is 0 Å². The van der Waals surface area contributed by atoms with Crippen molar-refractivity contribution in [3.8, 4) is 0 Å². The van der Waals surface area contributed by atoms with Crippen molar-refractivity contribution in [2.75, 3.05) is 20.3 Å². The lowest BCUT2D eigenvalue weighted by molar-refractivity contribution is -0.133. The van der Waals surface area contributed by atoms with Crippen LogP contribution in [0.5, 0.6) is 0 Å². The van der Waals surface area contributed by atoms with E-state index in [1.807, 2.05) is 0 Å². The normalized spacial score (nSPS) is 26.7. The molecule has 15 heavy (non-hydrogen) atoms. The molecule has 1 saturated heterocycles. The lowest BCUT2D eigenvalue weighted by Gasteiger charge is -2.24. The highest BCUT2D eigenvalue weighted by atomic mass is 35.5. The Hall–Kier alpha value is -0.420. The zero-order valence-electron chi connectivity index (χ0n) is 8.67. The highest BCUT2D eigenvalue weighted by molar-refractivity contribution is 6.30. The molecule has 1 rings (SSSR count). The Morgan fingerprint density at radius 2 is 2.33 bits per heavy atom. The fraction of sp³-hybridized carbons (Fsp3) is 0.889. The summed E-state index contributed by atoms with van der Waals surface area (Å²) in [7, 11) is 1.42. The van der Waals surface area contributed by atoms with Gasteiger partial charge in [-0.15, -0.1) is 11.6 Å². The first-order chi connectivity index (χ1) is 6.87. The number of hydrogen-bond donors (Lipinski definition) is 0. The number of halogens is 3. The van der Waals surface area contributed by atoms with E-state index in [1.54, 1.807) is 0 Å². The minimum absolute atomic E-state index is 0.116. The second kappa shape index (κ2) is 4.61. The highest BCUT2D eigenvalue weighted by Crippen LogP contribution is 2.32. The van der Waals surface area contributed by atoms with Gasteiger partial charge in [-0.1, -0.05) is 0 Å². The van der Waals surface area contributed by atoms with Crippen molar-refractivity contribution in [1.82, 2.24) is 4.90 Å². The van der Waals surface area contributed by atoms with Gasteiger partial charge in [0.15, 0.2) is 0 Å². The summed E-state index contributed by atoms with van der Waals surface area (Å²) in [6.07, 6.45) is -0.351. The average Bonchev–Trinajstić information content (AvgIpc) is 2.40. The molecule has 1 amide bonds. The molecule has 3 nitrogen and oxygen atoms in total. The molecular formula is C9H14ClF2NO2. The van der Waals surface area contributed by atoms with Crippen molar-refractivity contribution in [2.45, 2.75) is 30.7 Å². The molecule has 1 aliphatic heterocycles. The Labute approximate surface area is 92.3 Å². The minimum atomic E-state index is -2.83. The number of carbonyl (C=O) groups excluding carboxylic acids is 1. The average molecular weight is 242 g/mol. The first-order valence-electron chi connectivity index (χ1n) is 4.68. The number of nitrogens with zero attached hydrogens (tertiary/aromatic N) is 1. The summed E-state index contributed by atoms with van der Waals surface area (Å²) in [5.74, 6) is -3.29. The van der Waals surface area contributed by atoms with E-state index in [0.29, 0.717) is 0 Å². The van der Waals surface area contributed by atoms with Gasteiger partial charge in [0.05, 0.1) is 19.2 Å². The lowest BCUT2D eigenvalue weighted by atomic mass is 10.2. The smallest absolute Gasteiger partial charge is 0.267 e. The first-order valence-corrected chi connectivity index (χ1v) is 5.12. The van der Waals surface area contributed by atoms with Gasteiger partial charge in [0.1, 0.15) is 5.38 Å². The Morgan fingerprint density at radius 1 is 1.73 bits per heavy atom. The van der Waals surface area contributed by atoms with E-state index in [0.717, 1.165) is 4.90 Å². The first kappa shape index (κ1) is 12.6. The van der Waals surface area contributed by atoms with Gasteiger partial charge in [-0.3, -0.25) is 4.79 Å². The monoisotopic (exact) mass is 241 g/mol. The van der Waals surface area contributed by atoms with Crippen molar-refractivity contribution < 1.29 is 18.3 Å². The quantitative estimate of drug-likeness (QED) is 0.701. The number of carbonyl (C=O) groups is 1. The van der Waals surface area contributed by atoms with Gasteiger partial charge >= 0.3 is 0 Å². The van der Waals surface area contributed by atoms with Crippen LogP contribution in [0.2, 0.25) is 0 Å². The van der Waals surface area contributed by atoms with Crippen molar-refractivity contribution in [3.63, 3.8) is 0 Å². The molecule has 0 aromatic rings. The molecule has 0 aromatic carbocycles. The number of hydrogen-bond acceptors (Lipinski definition) is 2. The van der Waals surface area contributed by atoms with E-state index in [9.17, 15) is 13.6 Å². The molecule has 6 heteroatoms. The third-order valence-electron chi connectivity index (χ3n) is 2.36. The molecular weight excluding hydrogens is 228 g/mol. The molecule has 88 valence electrons. The van der Waals surface area contributed by atoms with E-state index in [2.05, 4.69) is 0 Å². The van der Waals surface area contributed by atoms with Gasteiger partial charge in [-0.2, -0.15) is 0 Å².